The Morgan fingerprint density at radius 1 is 0.883 bits per heavy atom. The molecule has 2 aromatic rings. The molecule has 1 aromatic carbocycles. The zero-order chi connectivity index (χ0) is 43.5. The number of carboxylic acid groups (broad SMARTS) is 1. The molecule has 0 spiro atoms. The van der Waals surface area contributed by atoms with E-state index in [0.29, 0.717) is 36.7 Å². The molecule has 8 rings (SSSR count). The number of amides is 1. The molecule has 6 aliphatic carbocycles. The van der Waals surface area contributed by atoms with E-state index in [-0.39, 0.29) is 63.8 Å². The summed E-state index contributed by atoms with van der Waals surface area (Å²) in [5.41, 5.74) is 2.80. The molecule has 6 aliphatic rings. The van der Waals surface area contributed by atoms with Gasteiger partial charge in [0.15, 0.2) is 5.78 Å². The topological polar surface area (TPSA) is 148 Å². The number of carboxylic acids is 1. The quantitative estimate of drug-likeness (QED) is 0.213. The van der Waals surface area contributed by atoms with Crippen LogP contribution in [0.3, 0.4) is 0 Å². The van der Waals surface area contributed by atoms with Crippen molar-refractivity contribution in [2.75, 3.05) is 6.54 Å². The predicted molar refractivity (Wildman–Crippen MR) is 229 cm³/mol. The summed E-state index contributed by atoms with van der Waals surface area (Å²) in [6, 6.07) is 7.36. The second-order valence-electron chi connectivity index (χ2n) is 22.3. The number of aromatic nitrogens is 2. The predicted octanol–water partition coefficient (Wildman–Crippen LogP) is 8.91. The number of esters is 1. The summed E-state index contributed by atoms with van der Waals surface area (Å²) in [4.78, 5) is 57.4. The fourth-order valence-corrected chi connectivity index (χ4v) is 15.1. The Hall–Kier alpha value is -3.79. The number of fused-ring (bicyclic) bond motifs is 7. The molecule has 0 unspecified atom stereocenters. The van der Waals surface area contributed by atoms with Crippen molar-refractivity contribution in [3.8, 4) is 5.69 Å². The first-order valence-electron chi connectivity index (χ1n) is 22.8. The lowest BCUT2D eigenvalue weighted by Crippen LogP contribution is -2.66. The van der Waals surface area contributed by atoms with Crippen molar-refractivity contribution in [3.05, 3.63) is 59.2 Å². The molecule has 0 bridgehead atoms. The number of hydrogen-bond acceptors (Lipinski definition) is 7. The van der Waals surface area contributed by atoms with Crippen molar-refractivity contribution in [2.24, 2.45) is 68.0 Å². The van der Waals surface area contributed by atoms with Crippen LogP contribution >= 0.6 is 0 Å². The summed E-state index contributed by atoms with van der Waals surface area (Å²) in [7, 11) is 0. The van der Waals surface area contributed by atoms with Crippen LogP contribution in [0.5, 0.6) is 0 Å². The number of carbonyl (C=O) groups is 4. The number of aliphatic hydroxyl groups is 1. The number of aliphatic carboxylic acids is 1. The van der Waals surface area contributed by atoms with Crippen molar-refractivity contribution in [3.63, 3.8) is 0 Å². The molecule has 0 aliphatic heterocycles. The van der Waals surface area contributed by atoms with Crippen molar-refractivity contribution in [1.29, 1.82) is 0 Å². The number of hydrogen-bond donors (Lipinski definition) is 3. The number of ether oxygens (including phenoxy) is 1. The number of ketones is 1. The zero-order valence-electron chi connectivity index (χ0n) is 37.7. The largest absolute Gasteiger partial charge is 0.481 e. The lowest BCUT2D eigenvalue weighted by molar-refractivity contribution is -0.238. The number of aliphatic hydroxyl groups excluding tert-OH is 1. The van der Waals surface area contributed by atoms with Crippen LogP contribution in [0.1, 0.15) is 143 Å². The molecule has 326 valence electrons. The molecular formula is C50H69N3O7. The average molecular weight is 824 g/mol. The van der Waals surface area contributed by atoms with Gasteiger partial charge >= 0.3 is 11.9 Å². The van der Waals surface area contributed by atoms with E-state index >= 15 is 0 Å². The minimum Gasteiger partial charge on any atom is -0.481 e. The van der Waals surface area contributed by atoms with E-state index in [1.807, 2.05) is 43.7 Å². The van der Waals surface area contributed by atoms with Crippen molar-refractivity contribution in [1.82, 2.24) is 14.9 Å². The highest BCUT2D eigenvalue weighted by Crippen LogP contribution is 2.77. The van der Waals surface area contributed by atoms with E-state index in [1.165, 1.54) is 5.57 Å². The Morgan fingerprint density at radius 2 is 1.58 bits per heavy atom. The summed E-state index contributed by atoms with van der Waals surface area (Å²) >= 11 is 0. The molecule has 1 amide bonds. The summed E-state index contributed by atoms with van der Waals surface area (Å²) < 4.78 is 8.33. The van der Waals surface area contributed by atoms with Crippen LogP contribution in [0, 0.1) is 74.9 Å². The third kappa shape index (κ3) is 6.13. The third-order valence-corrected chi connectivity index (χ3v) is 18.8. The molecular weight excluding hydrogens is 755 g/mol. The van der Waals surface area contributed by atoms with E-state index in [1.54, 1.807) is 18.5 Å². The minimum atomic E-state index is -0.896. The van der Waals surface area contributed by atoms with Crippen LogP contribution in [0.4, 0.5) is 0 Å². The van der Waals surface area contributed by atoms with Crippen LogP contribution in [0.2, 0.25) is 0 Å². The molecule has 0 radical (unpaired) electrons. The summed E-state index contributed by atoms with van der Waals surface area (Å²) in [6.07, 6.45) is 10.7. The highest BCUT2D eigenvalue weighted by molar-refractivity contribution is 6.01. The van der Waals surface area contributed by atoms with E-state index < -0.39 is 34.7 Å². The summed E-state index contributed by atoms with van der Waals surface area (Å²) in [5, 5.41) is 25.0. The first-order chi connectivity index (χ1) is 28.0. The monoisotopic (exact) mass is 824 g/mol. The lowest BCUT2D eigenvalue weighted by atomic mass is 9.33. The number of aryl methyl sites for hydroxylation is 1. The summed E-state index contributed by atoms with van der Waals surface area (Å²) in [5.74, 6) is -1.10. The maximum absolute atomic E-state index is 14.2. The van der Waals surface area contributed by atoms with Crippen molar-refractivity contribution < 1.29 is 34.1 Å². The van der Waals surface area contributed by atoms with Gasteiger partial charge in [0.05, 0.1) is 30.0 Å². The van der Waals surface area contributed by atoms with Gasteiger partial charge in [0, 0.05) is 41.2 Å². The molecule has 1 aromatic heterocycles. The van der Waals surface area contributed by atoms with Gasteiger partial charge in [-0.2, -0.15) is 0 Å². The first kappa shape index (κ1) is 42.9. The Labute approximate surface area is 356 Å². The lowest BCUT2D eigenvalue weighted by Gasteiger charge is -2.72. The van der Waals surface area contributed by atoms with Gasteiger partial charge in [-0.05, 0) is 140 Å². The van der Waals surface area contributed by atoms with Gasteiger partial charge in [0.2, 0.25) is 0 Å². The van der Waals surface area contributed by atoms with E-state index in [0.717, 1.165) is 61.9 Å². The van der Waals surface area contributed by atoms with Gasteiger partial charge in [-0.15, -0.1) is 0 Å². The Morgan fingerprint density at radius 3 is 2.20 bits per heavy atom. The van der Waals surface area contributed by atoms with Gasteiger partial charge in [0.25, 0.3) is 5.91 Å². The minimum absolute atomic E-state index is 0.00378. The van der Waals surface area contributed by atoms with Crippen LogP contribution < -0.4 is 5.32 Å². The molecule has 11 atom stereocenters. The Bertz CT molecular complexity index is 2120. The van der Waals surface area contributed by atoms with Crippen molar-refractivity contribution in [2.45, 2.75) is 146 Å². The number of Topliss-reactive ketones (excluding diaryl/α,β-unsaturated/α-hetero) is 1. The highest BCUT2D eigenvalue weighted by atomic mass is 16.5. The Kier molecular flexibility index (Phi) is 10.3. The molecule has 10 heteroatoms. The van der Waals surface area contributed by atoms with Crippen LogP contribution in [-0.2, 0) is 19.1 Å². The van der Waals surface area contributed by atoms with Gasteiger partial charge in [0.1, 0.15) is 6.10 Å². The highest BCUT2D eigenvalue weighted by Gasteiger charge is 2.71. The molecule has 1 heterocycles. The Balaban J connectivity index is 1.01. The summed E-state index contributed by atoms with van der Waals surface area (Å²) in [6.45, 7) is 22.2. The zero-order valence-corrected chi connectivity index (χ0v) is 37.7. The standard InChI is InChI=1S/C50H69N3O7/c1-28(2)40-35(54)24-50(38(55)25-51-42(56)30-11-13-31(14-12-30)53-26-29(3)52-27-53)22-21-48(9)32(41(40)50)15-16-37-47(8)19-18-39(46(6,7)36(47)17-20-49(37,48)10)60-44(59)34-23-33(43(57)58)45(34,4)5/h11-14,26-28,32-34,36-39,55H,15-25H2,1-10H3,(H,51,56)(H,57,58)/t32-,33+,34-,36+,37-,38+,39+,47+,48-,49-,50+/m1/s1. The second-order valence-corrected chi connectivity index (χ2v) is 22.3. The van der Waals surface area contributed by atoms with E-state index in [2.05, 4.69) is 58.8 Å². The maximum Gasteiger partial charge on any atom is 0.309 e. The van der Waals surface area contributed by atoms with Gasteiger partial charge in [-0.1, -0.05) is 67.9 Å². The number of rotatable bonds is 9. The maximum atomic E-state index is 14.2. The fourth-order valence-electron chi connectivity index (χ4n) is 15.1. The number of allylic oxidation sites excluding steroid dienone is 1. The van der Waals surface area contributed by atoms with Crippen LogP contribution in [-0.4, -0.2) is 62.1 Å². The number of nitrogens with zero attached hydrogens (tertiary/aromatic N) is 2. The first-order valence-corrected chi connectivity index (χ1v) is 22.8. The normalized spacial score (nSPS) is 38.2. The SMILES string of the molecule is Cc1cn(-c2ccc(C(=O)NC[C@H](O)[C@@]34CC[C@]5(C)[C@H](CC[C@@H]6[C@@]7(C)CC[C@H](OC(=O)[C@H]8C[C@@H](C(=O)O)C8(C)C)C(C)(C)[C@@H]7CC[C@]65C)C3=C(C(C)C)C(=O)C4)cc2)cn1. The van der Waals surface area contributed by atoms with Gasteiger partial charge in [-0.25, -0.2) is 4.98 Å². The number of benzene rings is 1. The smallest absolute Gasteiger partial charge is 0.309 e. The molecule has 3 N–H and O–H groups in total. The molecule has 10 nitrogen and oxygen atoms in total. The van der Waals surface area contributed by atoms with Crippen LogP contribution in [0.15, 0.2) is 47.9 Å². The van der Waals surface area contributed by atoms with E-state index in [4.69, 9.17) is 4.74 Å². The average Bonchev–Trinajstić information content (AvgIpc) is 3.75. The molecule has 60 heavy (non-hydrogen) atoms. The molecule has 0 saturated heterocycles. The fraction of sp³-hybridized carbons (Fsp3) is 0.700. The molecule has 5 saturated carbocycles. The van der Waals surface area contributed by atoms with E-state index in [9.17, 15) is 29.4 Å². The third-order valence-electron chi connectivity index (χ3n) is 18.8. The number of imidazole rings is 1. The van der Waals surface area contributed by atoms with Gasteiger partial charge < -0.3 is 24.8 Å². The van der Waals surface area contributed by atoms with Crippen molar-refractivity contribution >= 4 is 23.6 Å². The number of nitrogens with one attached hydrogen (secondary N) is 1. The second kappa shape index (κ2) is 14.4. The van der Waals surface area contributed by atoms with Crippen LogP contribution in [0.25, 0.3) is 5.69 Å². The van der Waals surface area contributed by atoms with Gasteiger partial charge in [-0.3, -0.25) is 19.2 Å². The number of carbonyl (C=O) groups excluding carboxylic acids is 3. The molecule has 5 fully saturated rings.